The molecule has 224 valence electrons. The summed E-state index contributed by atoms with van der Waals surface area (Å²) in [7, 11) is 0. The van der Waals surface area contributed by atoms with Crippen LogP contribution in [0.5, 0.6) is 5.75 Å². The highest BCUT2D eigenvalue weighted by Gasteiger charge is 2.28. The van der Waals surface area contributed by atoms with Crippen molar-refractivity contribution < 1.29 is 35.8 Å². The molecule has 2 aliphatic carbocycles. The summed E-state index contributed by atoms with van der Waals surface area (Å²) >= 11 is 0. The van der Waals surface area contributed by atoms with E-state index in [1.54, 1.807) is 26.0 Å². The molecule has 5 rings (SSSR count). The fourth-order valence-corrected chi connectivity index (χ4v) is 6.09. The Morgan fingerprint density at radius 1 is 0.690 bits per heavy atom. The van der Waals surface area contributed by atoms with Crippen molar-refractivity contribution in [1.29, 1.82) is 0 Å². The topological polar surface area (TPSA) is 18.5 Å². The highest BCUT2D eigenvalue weighted by molar-refractivity contribution is 5.72. The van der Waals surface area contributed by atoms with Crippen molar-refractivity contribution in [3.8, 4) is 16.9 Å². The third-order valence-electron chi connectivity index (χ3n) is 8.57. The number of hydrogen-bond donors (Lipinski definition) is 0. The molecule has 8 heteroatoms. The van der Waals surface area contributed by atoms with E-state index in [0.29, 0.717) is 36.1 Å². The van der Waals surface area contributed by atoms with Crippen molar-refractivity contribution in [2.75, 3.05) is 13.2 Å². The predicted molar refractivity (Wildman–Crippen MR) is 150 cm³/mol. The number of allylic oxidation sites excluding steroid dienone is 2. The van der Waals surface area contributed by atoms with Gasteiger partial charge in [-0.2, -0.15) is 4.39 Å². The fraction of sp³-hybridized carbons (Fsp3) is 0.412. The standard InChI is InChI=1S/C34H34F6O2/c1-3-41-28-17-16-27(33(39)34(28)40)26-15-14-25(31(37)32(26)38)21-7-5-20(6-8-21)18-42-23-11-9-22(10-12-23)24-13-4-19(2)29(35)30(24)36/h4,7,13-17,20,22-23H,3,5-6,8-12,18H2,1-2H3. The second-order valence-corrected chi connectivity index (χ2v) is 11.2. The molecule has 0 saturated heterocycles. The van der Waals surface area contributed by atoms with Crippen LogP contribution in [-0.2, 0) is 4.74 Å². The lowest BCUT2D eigenvalue weighted by atomic mass is 9.82. The zero-order valence-corrected chi connectivity index (χ0v) is 23.7. The van der Waals surface area contributed by atoms with Crippen LogP contribution in [0.4, 0.5) is 26.3 Å². The van der Waals surface area contributed by atoms with Gasteiger partial charge < -0.3 is 9.47 Å². The minimum atomic E-state index is -1.29. The van der Waals surface area contributed by atoms with E-state index in [2.05, 4.69) is 0 Å². The van der Waals surface area contributed by atoms with Crippen molar-refractivity contribution in [1.82, 2.24) is 0 Å². The van der Waals surface area contributed by atoms with Crippen molar-refractivity contribution >= 4 is 5.57 Å². The summed E-state index contributed by atoms with van der Waals surface area (Å²) in [5, 5.41) is 0. The molecule has 0 heterocycles. The number of benzene rings is 3. The van der Waals surface area contributed by atoms with E-state index in [4.69, 9.17) is 9.47 Å². The maximum absolute atomic E-state index is 15.1. The van der Waals surface area contributed by atoms with E-state index in [1.165, 1.54) is 24.3 Å². The minimum absolute atomic E-state index is 0.0215. The Hall–Kier alpha value is -3.26. The number of halogens is 6. The third kappa shape index (κ3) is 6.10. The summed E-state index contributed by atoms with van der Waals surface area (Å²) in [5.41, 5.74) is 0.789. The van der Waals surface area contributed by atoms with Crippen LogP contribution >= 0.6 is 0 Å². The van der Waals surface area contributed by atoms with Gasteiger partial charge in [-0.3, -0.25) is 0 Å². The highest BCUT2D eigenvalue weighted by atomic mass is 19.2. The first-order valence-electron chi connectivity index (χ1n) is 14.5. The van der Waals surface area contributed by atoms with Gasteiger partial charge in [-0.1, -0.05) is 30.3 Å². The van der Waals surface area contributed by atoms with Gasteiger partial charge in [-0.25, -0.2) is 22.0 Å². The maximum atomic E-state index is 15.1. The van der Waals surface area contributed by atoms with Crippen LogP contribution in [0.1, 0.15) is 74.5 Å². The molecule has 3 aromatic rings. The number of rotatable bonds is 8. The fourth-order valence-electron chi connectivity index (χ4n) is 6.09. The van der Waals surface area contributed by atoms with Gasteiger partial charge >= 0.3 is 0 Å². The van der Waals surface area contributed by atoms with Gasteiger partial charge in [0.05, 0.1) is 19.3 Å². The second kappa shape index (κ2) is 12.9. The van der Waals surface area contributed by atoms with Crippen LogP contribution in [0.3, 0.4) is 0 Å². The minimum Gasteiger partial charge on any atom is -0.491 e. The Labute approximate surface area is 242 Å². The lowest BCUT2D eigenvalue weighted by molar-refractivity contribution is 0.00322. The monoisotopic (exact) mass is 588 g/mol. The molecular formula is C34H34F6O2. The molecule has 0 N–H and O–H groups in total. The van der Waals surface area contributed by atoms with Crippen molar-refractivity contribution in [3.63, 3.8) is 0 Å². The smallest absolute Gasteiger partial charge is 0.201 e. The van der Waals surface area contributed by atoms with Crippen LogP contribution < -0.4 is 4.74 Å². The van der Waals surface area contributed by atoms with E-state index in [-0.39, 0.29) is 47.0 Å². The molecule has 1 fully saturated rings. The molecule has 0 spiro atoms. The van der Waals surface area contributed by atoms with Gasteiger partial charge in [-0.05, 0) is 99.5 Å². The molecular weight excluding hydrogens is 554 g/mol. The number of ether oxygens (including phenoxy) is 2. The van der Waals surface area contributed by atoms with Crippen molar-refractivity contribution in [2.24, 2.45) is 5.92 Å². The summed E-state index contributed by atoms with van der Waals surface area (Å²) in [5.74, 6) is -6.46. The largest absolute Gasteiger partial charge is 0.491 e. The normalized spacial score (nSPS) is 20.9. The molecule has 2 aliphatic rings. The molecule has 1 unspecified atom stereocenters. The van der Waals surface area contributed by atoms with Crippen LogP contribution in [0.15, 0.2) is 42.5 Å². The first-order chi connectivity index (χ1) is 20.2. The first-order valence-corrected chi connectivity index (χ1v) is 14.5. The molecule has 0 bridgehead atoms. The SMILES string of the molecule is CCOc1ccc(-c2ccc(C3=CCC(COC4CCC(c5ccc(C)c(F)c5F)CC4)CC3)c(F)c2F)c(F)c1F. The molecule has 0 aromatic heterocycles. The third-order valence-corrected chi connectivity index (χ3v) is 8.57. The van der Waals surface area contributed by atoms with Crippen LogP contribution in [0.2, 0.25) is 0 Å². The molecule has 0 amide bonds. The van der Waals surface area contributed by atoms with Crippen molar-refractivity contribution in [2.45, 2.75) is 70.8 Å². The van der Waals surface area contributed by atoms with Crippen LogP contribution in [0, 0.1) is 47.7 Å². The molecule has 0 radical (unpaired) electrons. The molecule has 1 saturated carbocycles. The molecule has 3 aromatic carbocycles. The molecule has 42 heavy (non-hydrogen) atoms. The Morgan fingerprint density at radius 2 is 1.33 bits per heavy atom. The number of hydrogen-bond acceptors (Lipinski definition) is 2. The lowest BCUT2D eigenvalue weighted by Gasteiger charge is -2.31. The maximum Gasteiger partial charge on any atom is 0.201 e. The van der Waals surface area contributed by atoms with Crippen LogP contribution in [0.25, 0.3) is 16.7 Å². The van der Waals surface area contributed by atoms with Crippen LogP contribution in [-0.4, -0.2) is 19.3 Å². The zero-order valence-electron chi connectivity index (χ0n) is 23.7. The highest BCUT2D eigenvalue weighted by Crippen LogP contribution is 2.39. The van der Waals surface area contributed by atoms with Gasteiger partial charge in [0.25, 0.3) is 0 Å². The molecule has 0 aliphatic heterocycles. The van der Waals surface area contributed by atoms with E-state index in [1.807, 2.05) is 6.08 Å². The van der Waals surface area contributed by atoms with Gasteiger partial charge in [0.15, 0.2) is 34.8 Å². The summed E-state index contributed by atoms with van der Waals surface area (Å²) in [6, 6.07) is 8.37. The summed E-state index contributed by atoms with van der Waals surface area (Å²) in [4.78, 5) is 0. The van der Waals surface area contributed by atoms with Gasteiger partial charge in [0.1, 0.15) is 0 Å². The Balaban J connectivity index is 1.17. The van der Waals surface area contributed by atoms with E-state index in [0.717, 1.165) is 32.1 Å². The predicted octanol–water partition coefficient (Wildman–Crippen LogP) is 9.82. The van der Waals surface area contributed by atoms with Gasteiger partial charge in [-0.15, -0.1) is 0 Å². The zero-order chi connectivity index (χ0) is 30.0. The summed E-state index contributed by atoms with van der Waals surface area (Å²) in [6.45, 7) is 3.85. The Bertz CT molecular complexity index is 1480. The van der Waals surface area contributed by atoms with Gasteiger partial charge in [0.2, 0.25) is 5.82 Å². The first kappa shape index (κ1) is 30.2. The Kier molecular flexibility index (Phi) is 9.31. The quantitative estimate of drug-likeness (QED) is 0.244. The lowest BCUT2D eigenvalue weighted by Crippen LogP contribution is -2.24. The summed E-state index contributed by atoms with van der Waals surface area (Å²) in [6.07, 6.45) is 6.83. The average Bonchev–Trinajstić information content (AvgIpc) is 3.00. The van der Waals surface area contributed by atoms with Gasteiger partial charge in [0, 0.05) is 16.7 Å². The Morgan fingerprint density at radius 3 is 2.00 bits per heavy atom. The van der Waals surface area contributed by atoms with E-state index in [9.17, 15) is 17.6 Å². The summed E-state index contributed by atoms with van der Waals surface area (Å²) < 4.78 is 98.8. The second-order valence-electron chi connectivity index (χ2n) is 11.2. The molecule has 2 nitrogen and oxygen atoms in total. The van der Waals surface area contributed by atoms with E-state index >= 15 is 8.78 Å². The molecule has 1 atom stereocenters. The van der Waals surface area contributed by atoms with Crippen molar-refractivity contribution in [3.05, 3.63) is 94.1 Å². The number of aryl methyl sites for hydroxylation is 1. The van der Waals surface area contributed by atoms with E-state index < -0.39 is 34.9 Å². The average molecular weight is 589 g/mol.